The maximum absolute atomic E-state index is 9.98. The van der Waals surface area contributed by atoms with Crippen LogP contribution < -0.4 is 0 Å². The van der Waals surface area contributed by atoms with Gasteiger partial charge in [-0.1, -0.05) is 43.3 Å². The first-order valence-electron chi connectivity index (χ1n) is 7.72. The highest BCUT2D eigenvalue weighted by Crippen LogP contribution is 2.36. The fourth-order valence-electron chi connectivity index (χ4n) is 3.15. The van der Waals surface area contributed by atoms with Crippen LogP contribution in [0.1, 0.15) is 55.4 Å². The Balaban J connectivity index is 1.71. The van der Waals surface area contributed by atoms with Crippen LogP contribution in [-0.2, 0) is 12.8 Å². The monoisotopic (exact) mass is 286 g/mol. The zero-order valence-electron chi connectivity index (χ0n) is 12.6. The Bertz CT molecular complexity index is 606. The van der Waals surface area contributed by atoms with E-state index >= 15 is 0 Å². The van der Waals surface area contributed by atoms with Gasteiger partial charge >= 0.3 is 0 Å². The van der Waals surface area contributed by atoms with Crippen molar-refractivity contribution in [1.82, 2.24) is 10.1 Å². The van der Waals surface area contributed by atoms with E-state index < -0.39 is 6.10 Å². The third kappa shape index (κ3) is 3.16. The van der Waals surface area contributed by atoms with Crippen molar-refractivity contribution < 1.29 is 9.63 Å². The summed E-state index contributed by atoms with van der Waals surface area (Å²) in [5.74, 6) is 2.00. The molecule has 1 aliphatic rings. The molecular weight excluding hydrogens is 264 g/mol. The Morgan fingerprint density at radius 1 is 1.33 bits per heavy atom. The van der Waals surface area contributed by atoms with Crippen LogP contribution >= 0.6 is 0 Å². The minimum Gasteiger partial charge on any atom is -0.393 e. The summed E-state index contributed by atoms with van der Waals surface area (Å²) < 4.78 is 5.32. The van der Waals surface area contributed by atoms with Gasteiger partial charge in [0, 0.05) is 5.92 Å². The molecule has 2 unspecified atom stereocenters. The maximum atomic E-state index is 9.98. The van der Waals surface area contributed by atoms with E-state index in [9.17, 15) is 5.11 Å². The number of aliphatic hydroxyl groups excluding tert-OH is 1. The van der Waals surface area contributed by atoms with Crippen LogP contribution in [-0.4, -0.2) is 21.4 Å². The standard InChI is InChI=1S/C17H22N2O2/c1-11(2)9-13(20)10-16-18-17(19-21-16)15-8-7-12-5-3-4-6-14(12)15/h3-6,11,13,15,20H,7-10H2,1-2H3. The van der Waals surface area contributed by atoms with Gasteiger partial charge in [-0.25, -0.2) is 0 Å². The number of nitrogens with zero attached hydrogens (tertiary/aromatic N) is 2. The van der Waals surface area contributed by atoms with Crippen LogP contribution in [0.15, 0.2) is 28.8 Å². The molecule has 0 amide bonds. The molecule has 21 heavy (non-hydrogen) atoms. The molecule has 4 nitrogen and oxygen atoms in total. The van der Waals surface area contributed by atoms with Gasteiger partial charge in [0.15, 0.2) is 5.82 Å². The number of aliphatic hydroxyl groups is 1. The van der Waals surface area contributed by atoms with E-state index in [4.69, 9.17) is 4.52 Å². The van der Waals surface area contributed by atoms with Crippen molar-refractivity contribution >= 4 is 0 Å². The van der Waals surface area contributed by atoms with Gasteiger partial charge in [-0.3, -0.25) is 0 Å². The Morgan fingerprint density at radius 3 is 2.95 bits per heavy atom. The zero-order valence-corrected chi connectivity index (χ0v) is 12.6. The molecule has 0 radical (unpaired) electrons. The van der Waals surface area contributed by atoms with Crippen molar-refractivity contribution in [2.24, 2.45) is 5.92 Å². The fraction of sp³-hybridized carbons (Fsp3) is 0.529. The van der Waals surface area contributed by atoms with Crippen LogP contribution in [0.3, 0.4) is 0 Å². The van der Waals surface area contributed by atoms with Gasteiger partial charge in [-0.05, 0) is 36.3 Å². The van der Waals surface area contributed by atoms with Gasteiger partial charge < -0.3 is 9.63 Å². The Kier molecular flexibility index (Phi) is 4.06. The van der Waals surface area contributed by atoms with Crippen LogP contribution in [0.2, 0.25) is 0 Å². The average Bonchev–Trinajstić information content (AvgIpc) is 3.03. The lowest BCUT2D eigenvalue weighted by Crippen LogP contribution is -2.13. The second-order valence-corrected chi connectivity index (χ2v) is 6.32. The van der Waals surface area contributed by atoms with Crippen molar-refractivity contribution in [3.05, 3.63) is 47.1 Å². The molecule has 0 bridgehead atoms. The summed E-state index contributed by atoms with van der Waals surface area (Å²) in [5.41, 5.74) is 2.70. The number of rotatable bonds is 5. The smallest absolute Gasteiger partial charge is 0.229 e. The van der Waals surface area contributed by atoms with Gasteiger partial charge in [0.25, 0.3) is 0 Å². The minimum absolute atomic E-state index is 0.237. The first-order chi connectivity index (χ1) is 10.1. The molecule has 1 aromatic heterocycles. The Labute approximate surface area is 125 Å². The van der Waals surface area contributed by atoms with E-state index in [0.29, 0.717) is 18.2 Å². The van der Waals surface area contributed by atoms with Crippen LogP contribution in [0.4, 0.5) is 0 Å². The maximum Gasteiger partial charge on any atom is 0.229 e. The van der Waals surface area contributed by atoms with Crippen molar-refractivity contribution in [3.63, 3.8) is 0 Å². The normalized spacial score (nSPS) is 19.0. The largest absolute Gasteiger partial charge is 0.393 e. The van der Waals surface area contributed by atoms with E-state index in [2.05, 4.69) is 48.3 Å². The molecule has 112 valence electrons. The molecule has 2 aromatic rings. The van der Waals surface area contributed by atoms with Gasteiger partial charge in [0.2, 0.25) is 5.89 Å². The van der Waals surface area contributed by atoms with Gasteiger partial charge in [0.1, 0.15) is 0 Å². The van der Waals surface area contributed by atoms with E-state index in [-0.39, 0.29) is 5.92 Å². The van der Waals surface area contributed by atoms with Gasteiger partial charge in [-0.2, -0.15) is 4.98 Å². The van der Waals surface area contributed by atoms with E-state index in [0.717, 1.165) is 25.1 Å². The third-order valence-electron chi connectivity index (χ3n) is 4.08. The van der Waals surface area contributed by atoms with Gasteiger partial charge in [0.05, 0.1) is 12.5 Å². The van der Waals surface area contributed by atoms with Crippen molar-refractivity contribution in [2.75, 3.05) is 0 Å². The van der Waals surface area contributed by atoms with E-state index in [1.54, 1.807) is 0 Å². The van der Waals surface area contributed by atoms with Crippen molar-refractivity contribution in [3.8, 4) is 0 Å². The molecule has 3 rings (SSSR count). The number of aromatic nitrogens is 2. The number of hydrogen-bond acceptors (Lipinski definition) is 4. The molecule has 0 saturated carbocycles. The number of hydrogen-bond donors (Lipinski definition) is 1. The SMILES string of the molecule is CC(C)CC(O)Cc1nc(C2CCc3ccccc32)no1. The van der Waals surface area contributed by atoms with Gasteiger partial charge in [-0.15, -0.1) is 0 Å². The predicted octanol–water partition coefficient (Wildman–Crippen LogP) is 3.10. The lowest BCUT2D eigenvalue weighted by Gasteiger charge is -2.09. The highest BCUT2D eigenvalue weighted by molar-refractivity contribution is 5.38. The number of fused-ring (bicyclic) bond motifs is 1. The topological polar surface area (TPSA) is 59.2 Å². The van der Waals surface area contributed by atoms with Crippen LogP contribution in [0.25, 0.3) is 0 Å². The highest BCUT2D eigenvalue weighted by Gasteiger charge is 2.27. The first-order valence-corrected chi connectivity index (χ1v) is 7.72. The summed E-state index contributed by atoms with van der Waals surface area (Å²) in [6.07, 6.45) is 2.89. The lowest BCUT2D eigenvalue weighted by atomic mass is 10.0. The van der Waals surface area contributed by atoms with Crippen LogP contribution in [0, 0.1) is 5.92 Å². The lowest BCUT2D eigenvalue weighted by molar-refractivity contribution is 0.138. The first kappa shape index (κ1) is 14.3. The Hall–Kier alpha value is -1.68. The summed E-state index contributed by atoms with van der Waals surface area (Å²) in [4.78, 5) is 4.50. The summed E-state index contributed by atoms with van der Waals surface area (Å²) in [6.45, 7) is 4.19. The average molecular weight is 286 g/mol. The molecule has 0 fully saturated rings. The quantitative estimate of drug-likeness (QED) is 0.917. The highest BCUT2D eigenvalue weighted by atomic mass is 16.5. The molecular formula is C17H22N2O2. The zero-order chi connectivity index (χ0) is 14.8. The number of benzene rings is 1. The summed E-state index contributed by atoms with van der Waals surface area (Å²) >= 11 is 0. The molecule has 1 aliphatic carbocycles. The van der Waals surface area contributed by atoms with E-state index in [1.165, 1.54) is 11.1 Å². The summed E-state index contributed by atoms with van der Waals surface area (Å²) in [7, 11) is 0. The second-order valence-electron chi connectivity index (χ2n) is 6.32. The molecule has 1 heterocycles. The summed E-state index contributed by atoms with van der Waals surface area (Å²) in [5, 5.41) is 14.1. The van der Waals surface area contributed by atoms with Crippen molar-refractivity contribution in [1.29, 1.82) is 0 Å². The molecule has 0 saturated heterocycles. The molecule has 4 heteroatoms. The minimum atomic E-state index is -0.408. The predicted molar refractivity (Wildman–Crippen MR) is 80.1 cm³/mol. The molecule has 2 atom stereocenters. The van der Waals surface area contributed by atoms with Crippen molar-refractivity contribution in [2.45, 2.75) is 51.6 Å². The Morgan fingerprint density at radius 2 is 2.14 bits per heavy atom. The fourth-order valence-corrected chi connectivity index (χ4v) is 3.15. The summed E-state index contributed by atoms with van der Waals surface area (Å²) in [6, 6.07) is 8.45. The molecule has 0 spiro atoms. The van der Waals surface area contributed by atoms with Crippen LogP contribution in [0.5, 0.6) is 0 Å². The third-order valence-corrected chi connectivity index (χ3v) is 4.08. The molecule has 1 aromatic carbocycles. The second kappa shape index (κ2) is 5.98. The molecule has 1 N–H and O–H groups in total. The number of aryl methyl sites for hydroxylation is 1. The molecule has 0 aliphatic heterocycles. The van der Waals surface area contributed by atoms with E-state index in [1.807, 2.05) is 0 Å².